The van der Waals surface area contributed by atoms with Crippen molar-refractivity contribution in [3.8, 4) is 6.07 Å². The van der Waals surface area contributed by atoms with Crippen LogP contribution in [0.25, 0.3) is 0 Å². The molecular formula is C11H18N2. The Hall–Kier alpha value is -0.550. The third kappa shape index (κ3) is 2.03. The van der Waals surface area contributed by atoms with Gasteiger partial charge in [0.1, 0.15) is 0 Å². The molecule has 0 atom stereocenters. The minimum Gasteiger partial charge on any atom is -0.306 e. The van der Waals surface area contributed by atoms with Gasteiger partial charge >= 0.3 is 0 Å². The molecule has 0 N–H and O–H groups in total. The van der Waals surface area contributed by atoms with Crippen LogP contribution >= 0.6 is 0 Å². The molecule has 1 aliphatic heterocycles. The van der Waals surface area contributed by atoms with E-state index < -0.39 is 0 Å². The van der Waals surface area contributed by atoms with Crippen LogP contribution in [0.3, 0.4) is 0 Å². The van der Waals surface area contributed by atoms with Gasteiger partial charge in [-0.2, -0.15) is 5.26 Å². The summed E-state index contributed by atoms with van der Waals surface area (Å²) in [6.45, 7) is 2.46. The number of piperidine rings is 1. The van der Waals surface area contributed by atoms with Crippen molar-refractivity contribution >= 4 is 0 Å². The molecule has 0 radical (unpaired) electrons. The van der Waals surface area contributed by atoms with E-state index in [2.05, 4.69) is 18.0 Å². The molecule has 1 saturated heterocycles. The standard InChI is InChI=1S/C11H18N2/c1-13-6-2-10(3-7-13)8-11(9-12)4-5-11/h10H,2-8H2,1H3. The van der Waals surface area contributed by atoms with E-state index in [0.29, 0.717) is 0 Å². The lowest BCUT2D eigenvalue weighted by Gasteiger charge is -2.29. The minimum atomic E-state index is 0.126. The van der Waals surface area contributed by atoms with E-state index in [0.717, 1.165) is 18.8 Å². The monoisotopic (exact) mass is 178 g/mol. The highest BCUT2D eigenvalue weighted by atomic mass is 15.1. The predicted octanol–water partition coefficient (Wildman–Crippen LogP) is 2.02. The molecule has 1 heterocycles. The van der Waals surface area contributed by atoms with Gasteiger partial charge in [-0.25, -0.2) is 0 Å². The zero-order chi connectivity index (χ0) is 9.31. The first-order valence-corrected chi connectivity index (χ1v) is 5.34. The first-order chi connectivity index (χ1) is 6.24. The molecule has 2 heteroatoms. The zero-order valence-corrected chi connectivity index (χ0v) is 8.42. The van der Waals surface area contributed by atoms with Crippen LogP contribution in [0, 0.1) is 22.7 Å². The van der Waals surface area contributed by atoms with Gasteiger partial charge in [-0.1, -0.05) is 0 Å². The molecule has 0 aromatic rings. The fraction of sp³-hybridized carbons (Fsp3) is 0.909. The lowest BCUT2D eigenvalue weighted by molar-refractivity contribution is 0.200. The van der Waals surface area contributed by atoms with Crippen molar-refractivity contribution < 1.29 is 0 Å². The van der Waals surface area contributed by atoms with Gasteiger partial charge in [-0.05, 0) is 58.2 Å². The summed E-state index contributed by atoms with van der Waals surface area (Å²) in [5.41, 5.74) is 0.126. The molecule has 72 valence electrons. The van der Waals surface area contributed by atoms with E-state index in [1.807, 2.05) is 0 Å². The van der Waals surface area contributed by atoms with Crippen LogP contribution in [0.15, 0.2) is 0 Å². The summed E-state index contributed by atoms with van der Waals surface area (Å²) in [5, 5.41) is 8.98. The Balaban J connectivity index is 1.80. The molecule has 2 aliphatic rings. The normalized spacial score (nSPS) is 28.3. The van der Waals surface area contributed by atoms with Crippen LogP contribution in [0.5, 0.6) is 0 Å². The van der Waals surface area contributed by atoms with Gasteiger partial charge in [-0.3, -0.25) is 0 Å². The van der Waals surface area contributed by atoms with E-state index in [4.69, 9.17) is 5.26 Å². The molecule has 1 saturated carbocycles. The second-order valence-corrected chi connectivity index (χ2v) is 4.84. The maximum absolute atomic E-state index is 8.98. The van der Waals surface area contributed by atoms with E-state index in [-0.39, 0.29) is 5.41 Å². The molecule has 0 aromatic carbocycles. The number of likely N-dealkylation sites (tertiary alicyclic amines) is 1. The Morgan fingerprint density at radius 1 is 1.38 bits per heavy atom. The second-order valence-electron chi connectivity index (χ2n) is 4.84. The largest absolute Gasteiger partial charge is 0.306 e. The summed E-state index contributed by atoms with van der Waals surface area (Å²) in [7, 11) is 2.19. The molecule has 0 spiro atoms. The maximum atomic E-state index is 8.98. The average Bonchev–Trinajstić information content (AvgIpc) is 2.90. The van der Waals surface area contributed by atoms with Crippen molar-refractivity contribution in [1.29, 1.82) is 5.26 Å². The average molecular weight is 178 g/mol. The first-order valence-electron chi connectivity index (χ1n) is 5.34. The van der Waals surface area contributed by atoms with Crippen LogP contribution in [0.1, 0.15) is 32.1 Å². The first kappa shape index (κ1) is 9.02. The van der Waals surface area contributed by atoms with Crippen LogP contribution in [-0.2, 0) is 0 Å². The highest BCUT2D eigenvalue weighted by Crippen LogP contribution is 2.51. The fourth-order valence-electron chi connectivity index (χ4n) is 2.33. The summed E-state index contributed by atoms with van der Waals surface area (Å²) < 4.78 is 0. The smallest absolute Gasteiger partial charge is 0.0689 e. The molecular weight excluding hydrogens is 160 g/mol. The number of rotatable bonds is 2. The highest BCUT2D eigenvalue weighted by Gasteiger charge is 2.44. The Bertz CT molecular complexity index is 217. The third-order valence-corrected chi connectivity index (χ3v) is 3.61. The maximum Gasteiger partial charge on any atom is 0.0689 e. The van der Waals surface area contributed by atoms with Gasteiger partial charge in [0.15, 0.2) is 0 Å². The van der Waals surface area contributed by atoms with E-state index >= 15 is 0 Å². The fourth-order valence-corrected chi connectivity index (χ4v) is 2.33. The van der Waals surface area contributed by atoms with Crippen LogP contribution in [0.2, 0.25) is 0 Å². The van der Waals surface area contributed by atoms with Gasteiger partial charge in [0.05, 0.1) is 11.5 Å². The second kappa shape index (κ2) is 3.31. The van der Waals surface area contributed by atoms with E-state index in [9.17, 15) is 0 Å². The summed E-state index contributed by atoms with van der Waals surface area (Å²) in [6, 6.07) is 2.50. The van der Waals surface area contributed by atoms with Gasteiger partial charge in [0.2, 0.25) is 0 Å². The summed E-state index contributed by atoms with van der Waals surface area (Å²) in [4.78, 5) is 2.39. The summed E-state index contributed by atoms with van der Waals surface area (Å²) in [6.07, 6.45) is 6.11. The molecule has 1 aliphatic carbocycles. The number of nitriles is 1. The van der Waals surface area contributed by atoms with Crippen LogP contribution in [-0.4, -0.2) is 25.0 Å². The number of hydrogen-bond acceptors (Lipinski definition) is 2. The molecule has 0 aromatic heterocycles. The van der Waals surface area contributed by atoms with Crippen molar-refractivity contribution in [3.05, 3.63) is 0 Å². The molecule has 2 rings (SSSR count). The lowest BCUT2D eigenvalue weighted by atomic mass is 9.86. The highest BCUT2D eigenvalue weighted by molar-refractivity contribution is 5.10. The van der Waals surface area contributed by atoms with Gasteiger partial charge in [-0.15, -0.1) is 0 Å². The predicted molar refractivity (Wildman–Crippen MR) is 52.1 cm³/mol. The van der Waals surface area contributed by atoms with E-state index in [1.165, 1.54) is 32.4 Å². The van der Waals surface area contributed by atoms with Crippen LogP contribution in [0.4, 0.5) is 0 Å². The summed E-state index contributed by atoms with van der Waals surface area (Å²) in [5.74, 6) is 0.832. The molecule has 13 heavy (non-hydrogen) atoms. The van der Waals surface area contributed by atoms with Crippen molar-refractivity contribution in [2.24, 2.45) is 11.3 Å². The van der Waals surface area contributed by atoms with Crippen LogP contribution < -0.4 is 0 Å². The Morgan fingerprint density at radius 2 is 2.00 bits per heavy atom. The summed E-state index contributed by atoms with van der Waals surface area (Å²) >= 11 is 0. The van der Waals surface area contributed by atoms with Crippen molar-refractivity contribution in [2.45, 2.75) is 32.1 Å². The van der Waals surface area contributed by atoms with Gasteiger partial charge in [0.25, 0.3) is 0 Å². The van der Waals surface area contributed by atoms with Gasteiger partial charge < -0.3 is 4.90 Å². The Labute approximate surface area is 80.5 Å². The third-order valence-electron chi connectivity index (χ3n) is 3.61. The number of hydrogen-bond donors (Lipinski definition) is 0. The molecule has 0 unspecified atom stereocenters. The Morgan fingerprint density at radius 3 is 2.46 bits per heavy atom. The SMILES string of the molecule is CN1CCC(CC2(C#N)CC2)CC1. The molecule has 0 bridgehead atoms. The molecule has 0 amide bonds. The Kier molecular flexibility index (Phi) is 2.29. The van der Waals surface area contributed by atoms with Gasteiger partial charge in [0, 0.05) is 0 Å². The quantitative estimate of drug-likeness (QED) is 0.647. The topological polar surface area (TPSA) is 27.0 Å². The number of nitrogens with zero attached hydrogens (tertiary/aromatic N) is 2. The molecule has 2 fully saturated rings. The molecule has 2 nitrogen and oxygen atoms in total. The van der Waals surface area contributed by atoms with Crippen molar-refractivity contribution in [2.75, 3.05) is 20.1 Å². The van der Waals surface area contributed by atoms with E-state index in [1.54, 1.807) is 0 Å². The van der Waals surface area contributed by atoms with Crippen molar-refractivity contribution in [3.63, 3.8) is 0 Å². The lowest BCUT2D eigenvalue weighted by Crippen LogP contribution is -2.31. The zero-order valence-electron chi connectivity index (χ0n) is 8.42. The minimum absolute atomic E-state index is 0.126. The van der Waals surface area contributed by atoms with Crippen molar-refractivity contribution in [1.82, 2.24) is 4.90 Å².